The monoisotopic (exact) mass is 536 g/mol. The normalized spacial score (nSPS) is 14.4. The summed E-state index contributed by atoms with van der Waals surface area (Å²) in [5, 5.41) is 8.85. The molecule has 1 amide bonds. The highest BCUT2D eigenvalue weighted by Crippen LogP contribution is 2.39. The van der Waals surface area contributed by atoms with Gasteiger partial charge in [-0.1, -0.05) is 6.92 Å². The molecule has 5 rings (SSSR count). The lowest BCUT2D eigenvalue weighted by molar-refractivity contribution is 0.0705. The van der Waals surface area contributed by atoms with Gasteiger partial charge in [-0.15, -0.1) is 11.3 Å². The van der Waals surface area contributed by atoms with Gasteiger partial charge in [-0.05, 0) is 18.6 Å². The molecule has 1 atom stereocenters. The summed E-state index contributed by atoms with van der Waals surface area (Å²) in [7, 11) is 3.50. The van der Waals surface area contributed by atoms with Crippen LogP contribution in [0.3, 0.4) is 0 Å². The highest BCUT2D eigenvalue weighted by Gasteiger charge is 2.25. The molecule has 4 aromatic heterocycles. The van der Waals surface area contributed by atoms with Gasteiger partial charge in [0.2, 0.25) is 11.8 Å². The number of amides is 1. The van der Waals surface area contributed by atoms with Crippen molar-refractivity contribution in [3.8, 4) is 17.3 Å². The van der Waals surface area contributed by atoms with Crippen LogP contribution in [0.2, 0.25) is 0 Å². The molecule has 1 aliphatic rings. The molecule has 1 unspecified atom stereocenters. The van der Waals surface area contributed by atoms with E-state index in [9.17, 15) is 4.79 Å². The lowest BCUT2D eigenvalue weighted by Gasteiger charge is -2.28. The lowest BCUT2D eigenvalue weighted by Crippen LogP contribution is -2.36. The van der Waals surface area contributed by atoms with Crippen molar-refractivity contribution >= 4 is 39.2 Å². The van der Waals surface area contributed by atoms with E-state index in [2.05, 4.69) is 32.8 Å². The van der Waals surface area contributed by atoms with Gasteiger partial charge in [-0.25, -0.2) is 30.4 Å². The molecule has 0 radical (unpaired) electrons. The number of morpholine rings is 1. The predicted molar refractivity (Wildman–Crippen MR) is 143 cm³/mol. The summed E-state index contributed by atoms with van der Waals surface area (Å²) in [6.45, 7) is 4.88. The number of hydrogen-bond acceptors (Lipinski definition) is 12. The van der Waals surface area contributed by atoms with Crippen LogP contribution < -0.4 is 20.0 Å². The lowest BCUT2D eigenvalue weighted by atomic mass is 10.1. The van der Waals surface area contributed by atoms with E-state index in [0.29, 0.717) is 30.9 Å². The van der Waals surface area contributed by atoms with E-state index in [1.54, 1.807) is 36.2 Å². The number of carbonyl (C=O) groups excluding carboxylic acids is 1. The maximum atomic E-state index is 11.6. The Kier molecular flexibility index (Phi) is 7.58. The minimum absolute atomic E-state index is 0.0321. The average Bonchev–Trinajstić information content (AvgIpc) is 3.41. The molecule has 0 aliphatic carbocycles. The maximum absolute atomic E-state index is 11.6. The first-order chi connectivity index (χ1) is 18.5. The Morgan fingerprint density at radius 1 is 1.21 bits per heavy atom. The number of aromatic nitrogens is 5. The molecular formula is C25H28N8O4S. The van der Waals surface area contributed by atoms with E-state index in [-0.39, 0.29) is 11.6 Å². The summed E-state index contributed by atoms with van der Waals surface area (Å²) >= 11 is 1.66. The van der Waals surface area contributed by atoms with Crippen molar-refractivity contribution < 1.29 is 19.5 Å². The van der Waals surface area contributed by atoms with Crippen molar-refractivity contribution in [3.63, 3.8) is 0 Å². The molecule has 38 heavy (non-hydrogen) atoms. The first-order valence-electron chi connectivity index (χ1n) is 12.2. The Hall–Kier alpha value is -3.94. The third-order valence-corrected chi connectivity index (χ3v) is 7.61. The molecule has 0 saturated carbocycles. The topological polar surface area (TPSA) is 139 Å². The fourth-order valence-corrected chi connectivity index (χ4v) is 5.68. The van der Waals surface area contributed by atoms with Crippen molar-refractivity contribution in [1.82, 2.24) is 30.4 Å². The second kappa shape index (κ2) is 11.2. The largest absolute Gasteiger partial charge is 0.481 e. The molecule has 1 saturated heterocycles. The number of carbonyl (C=O) groups is 1. The first-order valence-corrected chi connectivity index (χ1v) is 13.0. The SMILES string of the molecule is CCC(c1cc2nc(-c3ccc(OC)nc3)nc(N3CCOCC3)c2s1)N(C)c1ncc(C(=O)NO)cn1. The molecular weight excluding hydrogens is 508 g/mol. The third kappa shape index (κ3) is 5.08. The standard InChI is InChI=1S/C25H28N8O4S/c1-4-18(32(2)25-27-13-16(14-28-25)24(34)31-35)19-11-17-21(38-19)23(33-7-9-37-10-8-33)30-22(29-17)15-5-6-20(36-3)26-12-15/h5-6,11-14,18,35H,4,7-10H2,1-3H3,(H,31,34). The molecule has 198 valence electrons. The van der Waals surface area contributed by atoms with Gasteiger partial charge in [-0.3, -0.25) is 10.0 Å². The Morgan fingerprint density at radius 2 is 1.97 bits per heavy atom. The molecule has 0 aromatic carbocycles. The van der Waals surface area contributed by atoms with E-state index in [1.165, 1.54) is 12.4 Å². The summed E-state index contributed by atoms with van der Waals surface area (Å²) in [6.07, 6.45) is 5.29. The van der Waals surface area contributed by atoms with Gasteiger partial charge in [0.05, 0.1) is 42.1 Å². The summed E-state index contributed by atoms with van der Waals surface area (Å²) < 4.78 is 11.8. The smallest absolute Gasteiger partial charge is 0.277 e. The van der Waals surface area contributed by atoms with Crippen LogP contribution >= 0.6 is 11.3 Å². The van der Waals surface area contributed by atoms with Crippen LogP contribution in [0.1, 0.15) is 34.6 Å². The summed E-state index contributed by atoms with van der Waals surface area (Å²) in [5.41, 5.74) is 3.43. The number of ether oxygens (including phenoxy) is 2. The number of anilines is 2. The summed E-state index contributed by atoms with van der Waals surface area (Å²) in [5.74, 6) is 1.82. The molecule has 13 heteroatoms. The molecule has 0 spiro atoms. The van der Waals surface area contributed by atoms with Crippen LogP contribution in [0.5, 0.6) is 5.88 Å². The fraction of sp³-hybridized carbons (Fsp3) is 0.360. The number of rotatable bonds is 8. The zero-order valence-corrected chi connectivity index (χ0v) is 22.1. The van der Waals surface area contributed by atoms with E-state index < -0.39 is 5.91 Å². The predicted octanol–water partition coefficient (Wildman–Crippen LogP) is 3.10. The maximum Gasteiger partial charge on any atom is 0.277 e. The van der Waals surface area contributed by atoms with Crippen LogP contribution in [0.15, 0.2) is 36.8 Å². The van der Waals surface area contributed by atoms with E-state index in [1.807, 2.05) is 18.0 Å². The van der Waals surface area contributed by atoms with Crippen molar-refractivity contribution in [1.29, 1.82) is 0 Å². The Balaban J connectivity index is 1.54. The Labute approximate surface area is 223 Å². The van der Waals surface area contributed by atoms with Crippen molar-refractivity contribution in [2.45, 2.75) is 19.4 Å². The number of nitrogens with one attached hydrogen (secondary N) is 1. The van der Waals surface area contributed by atoms with Crippen LogP contribution in [-0.2, 0) is 4.74 Å². The van der Waals surface area contributed by atoms with E-state index in [4.69, 9.17) is 24.6 Å². The highest BCUT2D eigenvalue weighted by molar-refractivity contribution is 7.19. The minimum Gasteiger partial charge on any atom is -0.481 e. The molecule has 5 heterocycles. The molecule has 1 aliphatic heterocycles. The Bertz CT molecular complexity index is 1410. The van der Waals surface area contributed by atoms with Gasteiger partial charge in [0.25, 0.3) is 5.91 Å². The van der Waals surface area contributed by atoms with Crippen LogP contribution in [0.4, 0.5) is 11.8 Å². The van der Waals surface area contributed by atoms with Crippen molar-refractivity contribution in [3.05, 3.63) is 47.2 Å². The summed E-state index contributed by atoms with van der Waals surface area (Å²) in [4.78, 5) is 39.8. The van der Waals surface area contributed by atoms with E-state index in [0.717, 1.165) is 46.0 Å². The molecule has 4 aromatic rings. The second-order valence-electron chi connectivity index (χ2n) is 8.67. The number of hydrogen-bond donors (Lipinski definition) is 2. The quantitative estimate of drug-likeness (QED) is 0.254. The van der Waals surface area contributed by atoms with Crippen LogP contribution in [-0.4, -0.2) is 76.5 Å². The van der Waals surface area contributed by atoms with Gasteiger partial charge < -0.3 is 19.3 Å². The zero-order chi connectivity index (χ0) is 26.6. The van der Waals surface area contributed by atoms with Crippen LogP contribution in [0.25, 0.3) is 21.6 Å². The number of fused-ring (bicyclic) bond motifs is 1. The number of hydroxylamine groups is 1. The fourth-order valence-electron chi connectivity index (χ4n) is 4.34. The molecule has 2 N–H and O–H groups in total. The number of pyridine rings is 1. The number of methoxy groups -OCH3 is 1. The number of thiophene rings is 1. The minimum atomic E-state index is -0.659. The Morgan fingerprint density at radius 3 is 2.61 bits per heavy atom. The number of nitrogens with zero attached hydrogens (tertiary/aromatic N) is 7. The van der Waals surface area contributed by atoms with Gasteiger partial charge >= 0.3 is 0 Å². The van der Waals surface area contributed by atoms with E-state index >= 15 is 0 Å². The second-order valence-corrected chi connectivity index (χ2v) is 9.75. The van der Waals surface area contributed by atoms with Gasteiger partial charge in [-0.2, -0.15) is 0 Å². The molecule has 0 bridgehead atoms. The van der Waals surface area contributed by atoms with Gasteiger partial charge in [0.1, 0.15) is 0 Å². The third-order valence-electron chi connectivity index (χ3n) is 6.39. The van der Waals surface area contributed by atoms with Gasteiger partial charge in [0, 0.05) is 55.2 Å². The summed E-state index contributed by atoms with van der Waals surface area (Å²) in [6, 6.07) is 5.78. The zero-order valence-electron chi connectivity index (χ0n) is 21.3. The average molecular weight is 537 g/mol. The van der Waals surface area contributed by atoms with Gasteiger partial charge in [0.15, 0.2) is 11.6 Å². The van der Waals surface area contributed by atoms with Crippen molar-refractivity contribution in [2.75, 3.05) is 50.3 Å². The molecule has 12 nitrogen and oxygen atoms in total. The van der Waals surface area contributed by atoms with Crippen molar-refractivity contribution in [2.24, 2.45) is 0 Å². The first kappa shape index (κ1) is 25.7. The highest BCUT2D eigenvalue weighted by atomic mass is 32.1. The molecule has 1 fully saturated rings. The van der Waals surface area contributed by atoms with Crippen LogP contribution in [0, 0.1) is 0 Å².